The smallest absolute Gasteiger partial charge is 0.227 e. The second-order valence-corrected chi connectivity index (χ2v) is 9.66. The standard InChI is InChI=1S/C20H30N8O2S/c1-5-12-31(29,30)27-10-7-18(8-11-27)28(21-3)14-16(2)19-6-9-22-20(25-19)24-17-13-23-26(4)15-17/h6,9,13-15,18H,3,5,7-8,10-12H2,1-2,4H3,(H,22,24,25)/b16-14+. The van der Waals surface area contributed by atoms with Crippen LogP contribution in [0.2, 0.25) is 0 Å². The van der Waals surface area contributed by atoms with Crippen molar-refractivity contribution in [3.63, 3.8) is 0 Å². The van der Waals surface area contributed by atoms with E-state index in [1.807, 2.05) is 44.4 Å². The van der Waals surface area contributed by atoms with Gasteiger partial charge in [-0.25, -0.2) is 22.7 Å². The summed E-state index contributed by atoms with van der Waals surface area (Å²) in [6.07, 6.45) is 9.17. The minimum Gasteiger partial charge on any atom is -0.321 e. The number of hydrazone groups is 1. The maximum Gasteiger partial charge on any atom is 0.227 e. The molecule has 0 atom stereocenters. The molecule has 1 saturated heterocycles. The molecule has 0 saturated carbocycles. The number of anilines is 2. The van der Waals surface area contributed by atoms with E-state index in [4.69, 9.17) is 0 Å². The Morgan fingerprint density at radius 1 is 1.42 bits per heavy atom. The first-order valence-corrected chi connectivity index (χ1v) is 11.9. The summed E-state index contributed by atoms with van der Waals surface area (Å²) in [6.45, 7) is 8.53. The normalized spacial score (nSPS) is 16.3. The molecule has 0 radical (unpaired) electrons. The molecule has 168 valence electrons. The zero-order valence-electron chi connectivity index (χ0n) is 18.3. The Hall–Kier alpha value is -2.79. The summed E-state index contributed by atoms with van der Waals surface area (Å²) >= 11 is 0. The Morgan fingerprint density at radius 2 is 2.16 bits per heavy atom. The molecule has 0 aliphatic carbocycles. The van der Waals surface area contributed by atoms with Crippen LogP contribution in [0.5, 0.6) is 0 Å². The summed E-state index contributed by atoms with van der Waals surface area (Å²) in [5.74, 6) is 0.675. The molecule has 1 fully saturated rings. The summed E-state index contributed by atoms with van der Waals surface area (Å²) in [7, 11) is -1.32. The van der Waals surface area contributed by atoms with Gasteiger partial charge in [0.25, 0.3) is 0 Å². The van der Waals surface area contributed by atoms with Gasteiger partial charge in [0.1, 0.15) is 0 Å². The third-order valence-corrected chi connectivity index (χ3v) is 7.24. The molecule has 0 spiro atoms. The molecule has 3 rings (SSSR count). The van der Waals surface area contributed by atoms with Gasteiger partial charge >= 0.3 is 0 Å². The number of aromatic nitrogens is 4. The van der Waals surface area contributed by atoms with E-state index in [1.54, 1.807) is 21.4 Å². The van der Waals surface area contributed by atoms with E-state index in [0.29, 0.717) is 38.3 Å². The minimum absolute atomic E-state index is 0.0929. The van der Waals surface area contributed by atoms with Crippen molar-refractivity contribution in [3.05, 3.63) is 36.6 Å². The van der Waals surface area contributed by atoms with Crippen molar-refractivity contribution in [1.29, 1.82) is 0 Å². The third kappa shape index (κ3) is 5.88. The predicted octanol–water partition coefficient (Wildman–Crippen LogP) is 2.44. The van der Waals surface area contributed by atoms with Crippen molar-refractivity contribution < 1.29 is 8.42 Å². The largest absolute Gasteiger partial charge is 0.321 e. The summed E-state index contributed by atoms with van der Waals surface area (Å²) in [6, 6.07) is 1.93. The number of aryl methyl sites for hydroxylation is 1. The number of hydrogen-bond acceptors (Lipinski definition) is 8. The van der Waals surface area contributed by atoms with E-state index in [-0.39, 0.29) is 11.8 Å². The Balaban J connectivity index is 1.67. The van der Waals surface area contributed by atoms with Gasteiger partial charge in [0.05, 0.1) is 29.4 Å². The SMILES string of the molecule is C=NN(/C=C(\C)c1ccnc(Nc2cnn(C)c2)n1)C1CCN(S(=O)(=O)CCC)CC1. The van der Waals surface area contributed by atoms with E-state index in [9.17, 15) is 8.42 Å². The average molecular weight is 447 g/mol. The average Bonchev–Trinajstić information content (AvgIpc) is 3.16. The number of hydrogen-bond donors (Lipinski definition) is 1. The Morgan fingerprint density at radius 3 is 2.77 bits per heavy atom. The van der Waals surface area contributed by atoms with Crippen molar-refractivity contribution in [3.8, 4) is 0 Å². The molecule has 11 heteroatoms. The number of sulfonamides is 1. The van der Waals surface area contributed by atoms with E-state index in [1.165, 1.54) is 0 Å². The van der Waals surface area contributed by atoms with Gasteiger partial charge in [0.2, 0.25) is 16.0 Å². The number of rotatable bonds is 9. The monoisotopic (exact) mass is 446 g/mol. The second kappa shape index (κ2) is 10.0. The summed E-state index contributed by atoms with van der Waals surface area (Å²) in [5, 5.41) is 13.2. The van der Waals surface area contributed by atoms with Crippen molar-refractivity contribution in [2.75, 3.05) is 24.2 Å². The molecule has 1 aliphatic rings. The highest BCUT2D eigenvalue weighted by Crippen LogP contribution is 2.23. The van der Waals surface area contributed by atoms with E-state index >= 15 is 0 Å². The molecule has 2 aromatic heterocycles. The molecule has 0 amide bonds. The fourth-order valence-electron chi connectivity index (χ4n) is 3.55. The molecule has 3 heterocycles. The molecule has 0 aromatic carbocycles. The lowest BCUT2D eigenvalue weighted by atomic mass is 10.1. The van der Waals surface area contributed by atoms with Crippen LogP contribution >= 0.6 is 0 Å². The zero-order chi connectivity index (χ0) is 22.4. The third-order valence-electron chi connectivity index (χ3n) is 5.16. The lowest BCUT2D eigenvalue weighted by Gasteiger charge is -2.35. The zero-order valence-corrected chi connectivity index (χ0v) is 19.1. The Kier molecular flexibility index (Phi) is 7.39. The molecule has 2 aromatic rings. The van der Waals surface area contributed by atoms with E-state index in [2.05, 4.69) is 32.2 Å². The van der Waals surface area contributed by atoms with Crippen LogP contribution < -0.4 is 5.32 Å². The quantitative estimate of drug-likeness (QED) is 0.465. The summed E-state index contributed by atoms with van der Waals surface area (Å²) in [5.41, 5.74) is 2.48. The summed E-state index contributed by atoms with van der Waals surface area (Å²) < 4.78 is 27.9. The summed E-state index contributed by atoms with van der Waals surface area (Å²) in [4.78, 5) is 8.83. The van der Waals surface area contributed by atoms with Gasteiger partial charge < -0.3 is 5.32 Å². The highest BCUT2D eigenvalue weighted by molar-refractivity contribution is 7.89. The first kappa shape index (κ1) is 22.9. The molecule has 0 bridgehead atoms. The van der Waals surface area contributed by atoms with Gasteiger partial charge in [-0.05, 0) is 37.8 Å². The first-order valence-electron chi connectivity index (χ1n) is 10.3. The van der Waals surface area contributed by atoms with Gasteiger partial charge in [0.15, 0.2) is 0 Å². The van der Waals surface area contributed by atoms with Crippen LogP contribution in [0, 0.1) is 0 Å². The number of nitrogens with zero attached hydrogens (tertiary/aromatic N) is 7. The van der Waals surface area contributed by atoms with Crippen molar-refractivity contribution >= 4 is 33.9 Å². The topological polar surface area (TPSA) is 109 Å². The van der Waals surface area contributed by atoms with Crippen LogP contribution in [-0.4, -0.2) is 69.1 Å². The van der Waals surface area contributed by atoms with E-state index < -0.39 is 10.0 Å². The minimum atomic E-state index is -3.16. The number of nitrogens with one attached hydrogen (secondary N) is 1. The van der Waals surface area contributed by atoms with Crippen molar-refractivity contribution in [1.82, 2.24) is 29.1 Å². The van der Waals surface area contributed by atoms with E-state index in [0.717, 1.165) is 17.0 Å². The van der Waals surface area contributed by atoms with Gasteiger partial charge in [0, 0.05) is 45.4 Å². The second-order valence-electron chi connectivity index (χ2n) is 7.57. The highest BCUT2D eigenvalue weighted by atomic mass is 32.2. The van der Waals surface area contributed by atoms with Crippen LogP contribution in [0.15, 0.2) is 36.0 Å². The Labute approximate surface area is 183 Å². The molecular formula is C20H30N8O2S. The highest BCUT2D eigenvalue weighted by Gasteiger charge is 2.29. The van der Waals surface area contributed by atoms with Crippen molar-refractivity contribution in [2.45, 2.75) is 39.2 Å². The molecule has 1 N–H and O–H groups in total. The molecular weight excluding hydrogens is 416 g/mol. The molecule has 10 nitrogen and oxygen atoms in total. The van der Waals surface area contributed by atoms with Crippen LogP contribution in [0.1, 0.15) is 38.8 Å². The van der Waals surface area contributed by atoms with Gasteiger partial charge in [-0.1, -0.05) is 6.92 Å². The molecule has 1 aliphatic heterocycles. The van der Waals surface area contributed by atoms with Crippen LogP contribution in [-0.2, 0) is 17.1 Å². The molecule has 0 unspecified atom stereocenters. The van der Waals surface area contributed by atoms with Crippen molar-refractivity contribution in [2.24, 2.45) is 12.1 Å². The van der Waals surface area contributed by atoms with Crippen LogP contribution in [0.25, 0.3) is 5.57 Å². The lowest BCUT2D eigenvalue weighted by Crippen LogP contribution is -2.44. The fraction of sp³-hybridized carbons (Fsp3) is 0.500. The van der Waals surface area contributed by atoms with Gasteiger partial charge in [-0.2, -0.15) is 10.2 Å². The maximum atomic E-state index is 12.3. The number of allylic oxidation sites excluding steroid dienone is 1. The predicted molar refractivity (Wildman–Crippen MR) is 122 cm³/mol. The lowest BCUT2D eigenvalue weighted by molar-refractivity contribution is 0.195. The molecule has 31 heavy (non-hydrogen) atoms. The van der Waals surface area contributed by atoms with Gasteiger partial charge in [-0.3, -0.25) is 9.69 Å². The first-order chi connectivity index (χ1) is 14.8. The number of piperidine rings is 1. The van der Waals surface area contributed by atoms with Crippen LogP contribution in [0.3, 0.4) is 0 Å². The van der Waals surface area contributed by atoms with Crippen LogP contribution in [0.4, 0.5) is 11.6 Å². The fourth-order valence-corrected chi connectivity index (χ4v) is 5.09. The maximum absolute atomic E-state index is 12.3. The van der Waals surface area contributed by atoms with Gasteiger partial charge in [-0.15, -0.1) is 0 Å². The Bertz CT molecular complexity index is 1030.